The lowest BCUT2D eigenvalue weighted by Gasteiger charge is -2.38. The van der Waals surface area contributed by atoms with Crippen LogP contribution in [-0.2, 0) is 0 Å². The van der Waals surface area contributed by atoms with Crippen LogP contribution in [0.2, 0.25) is 0 Å². The second kappa shape index (κ2) is 5.98. The molecule has 2 heterocycles. The number of carbonyl (C=O) groups is 1. The van der Waals surface area contributed by atoms with Crippen molar-refractivity contribution in [2.45, 2.75) is 39.5 Å². The lowest BCUT2D eigenvalue weighted by atomic mass is 9.84. The van der Waals surface area contributed by atoms with Crippen molar-refractivity contribution in [3.8, 4) is 0 Å². The second-order valence-electron chi connectivity index (χ2n) is 6.05. The first-order valence-electron chi connectivity index (χ1n) is 6.86. The van der Waals surface area contributed by atoms with Crippen molar-refractivity contribution in [2.24, 2.45) is 5.41 Å². The number of ketones is 1. The fourth-order valence-corrected chi connectivity index (χ4v) is 3.45. The molecule has 0 spiro atoms. The highest BCUT2D eigenvalue weighted by atomic mass is 32.1. The van der Waals surface area contributed by atoms with Gasteiger partial charge in [-0.25, -0.2) is 0 Å². The Hall–Kier alpha value is -0.670. The summed E-state index contributed by atoms with van der Waals surface area (Å²) in [5, 5.41) is 1.97. The third kappa shape index (κ3) is 3.92. The molecule has 1 aromatic heterocycles. The van der Waals surface area contributed by atoms with Crippen molar-refractivity contribution in [2.75, 3.05) is 19.6 Å². The number of thiophene rings is 1. The van der Waals surface area contributed by atoms with E-state index in [1.54, 1.807) is 11.3 Å². The largest absolute Gasteiger partial charge is 0.303 e. The summed E-state index contributed by atoms with van der Waals surface area (Å²) in [4.78, 5) is 15.3. The predicted molar refractivity (Wildman–Crippen MR) is 77.3 cm³/mol. The highest BCUT2D eigenvalue weighted by molar-refractivity contribution is 7.12. The van der Waals surface area contributed by atoms with Crippen LogP contribution in [0.4, 0.5) is 0 Å². The molecule has 0 unspecified atom stereocenters. The average Bonchev–Trinajstić information content (AvgIpc) is 2.81. The van der Waals surface area contributed by atoms with Gasteiger partial charge in [-0.15, -0.1) is 11.3 Å². The number of likely N-dealkylation sites (tertiary alicyclic amines) is 1. The summed E-state index contributed by atoms with van der Waals surface area (Å²) in [5.41, 5.74) is 0.454. The van der Waals surface area contributed by atoms with Gasteiger partial charge in [0.2, 0.25) is 0 Å². The normalized spacial score (nSPS) is 19.9. The van der Waals surface area contributed by atoms with Gasteiger partial charge in [-0.05, 0) is 49.2 Å². The minimum absolute atomic E-state index is 0.307. The molecule has 1 aliphatic heterocycles. The summed E-state index contributed by atoms with van der Waals surface area (Å²) in [6.45, 7) is 8.14. The highest BCUT2D eigenvalue weighted by Crippen LogP contribution is 2.28. The number of rotatable bonds is 5. The zero-order chi connectivity index (χ0) is 13.0. The first-order chi connectivity index (χ1) is 8.57. The fourth-order valence-electron chi connectivity index (χ4n) is 2.76. The molecule has 0 radical (unpaired) electrons. The van der Waals surface area contributed by atoms with Gasteiger partial charge in [-0.3, -0.25) is 4.79 Å². The fraction of sp³-hybridized carbons (Fsp3) is 0.667. The number of carbonyl (C=O) groups excluding carboxylic acids is 1. The van der Waals surface area contributed by atoms with Crippen LogP contribution < -0.4 is 0 Å². The molecular weight excluding hydrogens is 242 g/mol. The average molecular weight is 265 g/mol. The molecule has 18 heavy (non-hydrogen) atoms. The second-order valence-corrected chi connectivity index (χ2v) is 7.00. The molecule has 0 aromatic carbocycles. The Morgan fingerprint density at radius 2 is 2.33 bits per heavy atom. The Kier molecular flexibility index (Phi) is 4.57. The highest BCUT2D eigenvalue weighted by Gasteiger charge is 2.25. The molecular formula is C15H23NOS. The maximum Gasteiger partial charge on any atom is 0.172 e. The summed E-state index contributed by atoms with van der Waals surface area (Å²) >= 11 is 1.55. The van der Waals surface area contributed by atoms with Crippen LogP contribution in [0, 0.1) is 5.41 Å². The van der Waals surface area contributed by atoms with E-state index in [4.69, 9.17) is 0 Å². The van der Waals surface area contributed by atoms with E-state index in [-0.39, 0.29) is 0 Å². The molecule has 1 fully saturated rings. The summed E-state index contributed by atoms with van der Waals surface area (Å²) < 4.78 is 0. The topological polar surface area (TPSA) is 20.3 Å². The van der Waals surface area contributed by atoms with E-state index in [0.717, 1.165) is 17.8 Å². The van der Waals surface area contributed by atoms with Crippen LogP contribution in [0.15, 0.2) is 17.5 Å². The number of Topliss-reactive ketones (excluding diaryl/α,β-unsaturated/α-hetero) is 1. The lowest BCUT2D eigenvalue weighted by molar-refractivity contribution is 0.0952. The number of piperidine rings is 1. The first-order valence-corrected chi connectivity index (χ1v) is 7.74. The molecule has 1 aromatic rings. The van der Waals surface area contributed by atoms with E-state index in [1.165, 1.54) is 25.9 Å². The standard InChI is InChI=1S/C15H23NOS/c1-15(2)8-5-10-16(12-15)9-3-6-13(17)14-7-4-11-18-14/h4,7,11H,3,5-6,8-10,12H2,1-2H3. The van der Waals surface area contributed by atoms with E-state index in [9.17, 15) is 4.79 Å². The maximum absolute atomic E-state index is 11.9. The van der Waals surface area contributed by atoms with Gasteiger partial charge < -0.3 is 4.90 Å². The Bertz CT molecular complexity index is 383. The third-order valence-electron chi connectivity index (χ3n) is 3.65. The summed E-state index contributed by atoms with van der Waals surface area (Å²) in [6, 6.07) is 3.88. The van der Waals surface area contributed by atoms with E-state index in [2.05, 4.69) is 18.7 Å². The van der Waals surface area contributed by atoms with Crippen LogP contribution in [0.1, 0.15) is 49.2 Å². The maximum atomic E-state index is 11.9. The number of hydrogen-bond donors (Lipinski definition) is 0. The van der Waals surface area contributed by atoms with Crippen molar-refractivity contribution in [1.82, 2.24) is 4.90 Å². The van der Waals surface area contributed by atoms with Gasteiger partial charge in [0.15, 0.2) is 5.78 Å². The third-order valence-corrected chi connectivity index (χ3v) is 4.56. The van der Waals surface area contributed by atoms with Gasteiger partial charge in [-0.2, -0.15) is 0 Å². The van der Waals surface area contributed by atoms with Gasteiger partial charge in [0.05, 0.1) is 4.88 Å². The smallest absolute Gasteiger partial charge is 0.172 e. The lowest BCUT2D eigenvalue weighted by Crippen LogP contribution is -2.40. The molecule has 100 valence electrons. The Labute approximate surface area is 114 Å². The van der Waals surface area contributed by atoms with E-state index in [1.807, 2.05) is 17.5 Å². The quantitative estimate of drug-likeness (QED) is 0.754. The van der Waals surface area contributed by atoms with Gasteiger partial charge in [0.1, 0.15) is 0 Å². The molecule has 0 atom stereocenters. The van der Waals surface area contributed by atoms with Gasteiger partial charge in [0, 0.05) is 13.0 Å². The van der Waals surface area contributed by atoms with Crippen molar-refractivity contribution >= 4 is 17.1 Å². The molecule has 0 aliphatic carbocycles. The van der Waals surface area contributed by atoms with Crippen LogP contribution in [0.5, 0.6) is 0 Å². The number of hydrogen-bond acceptors (Lipinski definition) is 3. The van der Waals surface area contributed by atoms with Crippen molar-refractivity contribution in [1.29, 1.82) is 0 Å². The summed E-state index contributed by atoms with van der Waals surface area (Å²) in [5.74, 6) is 0.307. The Balaban J connectivity index is 1.71. The molecule has 2 rings (SSSR count). The van der Waals surface area contributed by atoms with E-state index in [0.29, 0.717) is 17.6 Å². The van der Waals surface area contributed by atoms with Crippen LogP contribution in [0.3, 0.4) is 0 Å². The zero-order valence-electron chi connectivity index (χ0n) is 11.4. The van der Waals surface area contributed by atoms with Crippen LogP contribution >= 0.6 is 11.3 Å². The van der Waals surface area contributed by atoms with Gasteiger partial charge >= 0.3 is 0 Å². The molecule has 1 aliphatic rings. The van der Waals surface area contributed by atoms with Crippen LogP contribution in [-0.4, -0.2) is 30.3 Å². The van der Waals surface area contributed by atoms with Gasteiger partial charge in [0.25, 0.3) is 0 Å². The SMILES string of the molecule is CC1(C)CCCN(CCCC(=O)c2cccs2)C1. The Morgan fingerprint density at radius 1 is 1.50 bits per heavy atom. The van der Waals surface area contributed by atoms with Crippen molar-refractivity contribution in [3.63, 3.8) is 0 Å². The molecule has 2 nitrogen and oxygen atoms in total. The molecule has 0 saturated carbocycles. The molecule has 0 bridgehead atoms. The summed E-state index contributed by atoms with van der Waals surface area (Å²) in [6.07, 6.45) is 4.31. The zero-order valence-corrected chi connectivity index (χ0v) is 12.3. The Morgan fingerprint density at radius 3 is 3.00 bits per heavy atom. The first kappa shape index (κ1) is 13.8. The predicted octanol–water partition coefficient (Wildman–Crippen LogP) is 3.83. The number of nitrogens with zero attached hydrogens (tertiary/aromatic N) is 1. The molecule has 1 saturated heterocycles. The molecule has 3 heteroatoms. The van der Waals surface area contributed by atoms with Crippen LogP contribution in [0.25, 0.3) is 0 Å². The molecule has 0 N–H and O–H groups in total. The van der Waals surface area contributed by atoms with E-state index < -0.39 is 0 Å². The summed E-state index contributed by atoms with van der Waals surface area (Å²) in [7, 11) is 0. The molecule has 0 amide bonds. The monoisotopic (exact) mass is 265 g/mol. The minimum Gasteiger partial charge on any atom is -0.303 e. The van der Waals surface area contributed by atoms with Crippen molar-refractivity contribution < 1.29 is 4.79 Å². The minimum atomic E-state index is 0.307. The van der Waals surface area contributed by atoms with E-state index >= 15 is 0 Å². The van der Waals surface area contributed by atoms with Gasteiger partial charge in [-0.1, -0.05) is 19.9 Å². The van der Waals surface area contributed by atoms with Crippen molar-refractivity contribution in [3.05, 3.63) is 22.4 Å².